The third kappa shape index (κ3) is 4.37. The molecule has 0 bridgehead atoms. The van der Waals surface area contributed by atoms with E-state index in [1.165, 1.54) is 29.7 Å². The van der Waals surface area contributed by atoms with Gasteiger partial charge in [0.1, 0.15) is 5.82 Å². The SMILES string of the molecule is CCOC(=O)Cc1csc(NC(=O)c2cnn(-c3ccc(F)cc3)c2C)n1. The first kappa shape index (κ1) is 18.7. The fraction of sp³-hybridized carbons (Fsp3) is 0.222. The average molecular weight is 388 g/mol. The second-order valence-electron chi connectivity index (χ2n) is 5.61. The zero-order chi connectivity index (χ0) is 19.4. The fourth-order valence-corrected chi connectivity index (χ4v) is 3.15. The maximum atomic E-state index is 13.1. The van der Waals surface area contributed by atoms with Crippen LogP contribution in [0, 0.1) is 12.7 Å². The molecule has 0 aliphatic rings. The standard InChI is InChI=1S/C18H17FN4O3S/c1-3-26-16(24)8-13-10-27-18(21-13)22-17(25)15-9-20-23(11(15)2)14-6-4-12(19)5-7-14/h4-7,9-10H,3,8H2,1-2H3,(H,21,22,25). The van der Waals surface area contributed by atoms with Crippen LogP contribution in [0.4, 0.5) is 9.52 Å². The Hall–Kier alpha value is -3.07. The number of nitrogens with zero attached hydrogens (tertiary/aromatic N) is 3. The van der Waals surface area contributed by atoms with Crippen LogP contribution in [0.3, 0.4) is 0 Å². The summed E-state index contributed by atoms with van der Waals surface area (Å²) in [5, 5.41) is 8.98. The van der Waals surface area contributed by atoms with E-state index in [4.69, 9.17) is 4.74 Å². The highest BCUT2D eigenvalue weighted by Crippen LogP contribution is 2.19. The molecule has 1 amide bonds. The second kappa shape index (κ2) is 8.09. The maximum Gasteiger partial charge on any atom is 0.311 e. The number of carbonyl (C=O) groups excluding carboxylic acids is 2. The predicted octanol–water partition coefficient (Wildman–Crippen LogP) is 3.13. The summed E-state index contributed by atoms with van der Waals surface area (Å²) in [6, 6.07) is 5.83. The lowest BCUT2D eigenvalue weighted by Gasteiger charge is -2.05. The highest BCUT2D eigenvalue weighted by Gasteiger charge is 2.17. The fourth-order valence-electron chi connectivity index (χ4n) is 2.45. The van der Waals surface area contributed by atoms with Crippen LogP contribution in [0.5, 0.6) is 0 Å². The Bertz CT molecular complexity index is 965. The molecule has 0 aliphatic carbocycles. The molecule has 2 aromatic heterocycles. The molecule has 0 spiro atoms. The molecule has 0 radical (unpaired) electrons. The van der Waals surface area contributed by atoms with Gasteiger partial charge in [-0.2, -0.15) is 5.10 Å². The van der Waals surface area contributed by atoms with Gasteiger partial charge >= 0.3 is 5.97 Å². The van der Waals surface area contributed by atoms with Gasteiger partial charge in [-0.25, -0.2) is 14.1 Å². The monoisotopic (exact) mass is 388 g/mol. The van der Waals surface area contributed by atoms with Crippen LogP contribution in [0.25, 0.3) is 5.69 Å². The molecule has 9 heteroatoms. The van der Waals surface area contributed by atoms with Gasteiger partial charge in [-0.05, 0) is 38.1 Å². The van der Waals surface area contributed by atoms with Crippen LogP contribution < -0.4 is 5.32 Å². The Labute approximate surface area is 158 Å². The van der Waals surface area contributed by atoms with Gasteiger partial charge in [0.05, 0.1) is 41.9 Å². The number of halogens is 1. The lowest BCUT2D eigenvalue weighted by Crippen LogP contribution is -2.13. The molecular formula is C18H17FN4O3S. The molecule has 0 unspecified atom stereocenters. The summed E-state index contributed by atoms with van der Waals surface area (Å²) in [6.07, 6.45) is 1.50. The number of ether oxygens (including phenoxy) is 1. The lowest BCUT2D eigenvalue weighted by molar-refractivity contribution is -0.142. The van der Waals surface area contributed by atoms with Crippen molar-refractivity contribution in [3.63, 3.8) is 0 Å². The molecular weight excluding hydrogens is 371 g/mol. The number of nitrogens with one attached hydrogen (secondary N) is 1. The molecule has 0 saturated carbocycles. The normalized spacial score (nSPS) is 10.6. The molecule has 3 rings (SSSR count). The zero-order valence-electron chi connectivity index (χ0n) is 14.7. The van der Waals surface area contributed by atoms with Gasteiger partial charge in [-0.15, -0.1) is 11.3 Å². The van der Waals surface area contributed by atoms with E-state index < -0.39 is 0 Å². The van der Waals surface area contributed by atoms with Crippen LogP contribution in [-0.2, 0) is 16.0 Å². The Morgan fingerprint density at radius 1 is 1.30 bits per heavy atom. The average Bonchev–Trinajstić information content (AvgIpc) is 3.22. The molecule has 7 nitrogen and oxygen atoms in total. The van der Waals surface area contributed by atoms with E-state index in [0.29, 0.717) is 34.4 Å². The van der Waals surface area contributed by atoms with E-state index in [0.717, 1.165) is 0 Å². The molecule has 27 heavy (non-hydrogen) atoms. The highest BCUT2D eigenvalue weighted by atomic mass is 32.1. The van der Waals surface area contributed by atoms with Gasteiger partial charge in [-0.1, -0.05) is 0 Å². The van der Waals surface area contributed by atoms with Crippen LogP contribution in [0.15, 0.2) is 35.8 Å². The summed E-state index contributed by atoms with van der Waals surface area (Å²) in [5.74, 6) is -1.07. The van der Waals surface area contributed by atoms with Crippen molar-refractivity contribution >= 4 is 28.3 Å². The first-order valence-corrected chi connectivity index (χ1v) is 9.08. The molecule has 0 saturated heterocycles. The van der Waals surface area contributed by atoms with Gasteiger partial charge in [0.2, 0.25) is 0 Å². The zero-order valence-corrected chi connectivity index (χ0v) is 15.5. The minimum atomic E-state index is -0.364. The quantitative estimate of drug-likeness (QED) is 0.656. The molecule has 1 aromatic carbocycles. The van der Waals surface area contributed by atoms with Crippen molar-refractivity contribution in [2.45, 2.75) is 20.3 Å². The van der Waals surface area contributed by atoms with Crippen LogP contribution in [-0.4, -0.2) is 33.2 Å². The first-order chi connectivity index (χ1) is 13.0. The van der Waals surface area contributed by atoms with E-state index in [1.807, 2.05) is 0 Å². The Kier molecular flexibility index (Phi) is 5.60. The number of hydrogen-bond donors (Lipinski definition) is 1. The molecule has 1 N–H and O–H groups in total. The van der Waals surface area contributed by atoms with Crippen LogP contribution in [0.2, 0.25) is 0 Å². The van der Waals surface area contributed by atoms with E-state index in [1.54, 1.807) is 36.0 Å². The van der Waals surface area contributed by atoms with E-state index in [9.17, 15) is 14.0 Å². The third-order valence-electron chi connectivity index (χ3n) is 3.73. The second-order valence-corrected chi connectivity index (χ2v) is 6.47. The number of rotatable bonds is 6. The first-order valence-electron chi connectivity index (χ1n) is 8.20. The van der Waals surface area contributed by atoms with Crippen LogP contribution >= 0.6 is 11.3 Å². The predicted molar refractivity (Wildman–Crippen MR) is 98.7 cm³/mol. The minimum absolute atomic E-state index is 0.0573. The minimum Gasteiger partial charge on any atom is -0.466 e. The number of esters is 1. The number of hydrogen-bond acceptors (Lipinski definition) is 6. The van der Waals surface area contributed by atoms with Crippen LogP contribution in [0.1, 0.15) is 28.7 Å². The summed E-state index contributed by atoms with van der Waals surface area (Å²) in [5.41, 5.74) is 2.18. The smallest absolute Gasteiger partial charge is 0.311 e. The molecule has 0 fully saturated rings. The summed E-state index contributed by atoms with van der Waals surface area (Å²) >= 11 is 1.22. The highest BCUT2D eigenvalue weighted by molar-refractivity contribution is 7.14. The Morgan fingerprint density at radius 3 is 2.74 bits per heavy atom. The molecule has 140 valence electrons. The van der Waals surface area contributed by atoms with E-state index in [2.05, 4.69) is 15.4 Å². The molecule has 3 aromatic rings. The summed E-state index contributed by atoms with van der Waals surface area (Å²) in [6.45, 7) is 3.79. The van der Waals surface area contributed by atoms with Crippen molar-refractivity contribution in [2.24, 2.45) is 0 Å². The lowest BCUT2D eigenvalue weighted by atomic mass is 10.2. The van der Waals surface area contributed by atoms with Crippen molar-refractivity contribution in [1.82, 2.24) is 14.8 Å². The molecule has 0 atom stereocenters. The van der Waals surface area contributed by atoms with Crippen molar-refractivity contribution in [3.8, 4) is 5.69 Å². The van der Waals surface area contributed by atoms with E-state index >= 15 is 0 Å². The van der Waals surface area contributed by atoms with Crippen molar-refractivity contribution in [3.05, 3.63) is 58.6 Å². The Morgan fingerprint density at radius 2 is 2.04 bits per heavy atom. The summed E-state index contributed by atoms with van der Waals surface area (Å²) < 4.78 is 19.5. The van der Waals surface area contributed by atoms with Crippen molar-refractivity contribution < 1.29 is 18.7 Å². The number of benzene rings is 1. The molecule has 0 aliphatic heterocycles. The Balaban J connectivity index is 1.71. The van der Waals surface area contributed by atoms with Crippen molar-refractivity contribution in [2.75, 3.05) is 11.9 Å². The van der Waals surface area contributed by atoms with Gasteiger partial charge < -0.3 is 4.74 Å². The number of aromatic nitrogens is 3. The van der Waals surface area contributed by atoms with Gasteiger partial charge in [0, 0.05) is 5.38 Å². The summed E-state index contributed by atoms with van der Waals surface area (Å²) in [7, 11) is 0. The number of carbonyl (C=O) groups is 2. The largest absolute Gasteiger partial charge is 0.466 e. The van der Waals surface area contributed by atoms with Gasteiger partial charge in [-0.3, -0.25) is 14.9 Å². The number of anilines is 1. The van der Waals surface area contributed by atoms with E-state index in [-0.39, 0.29) is 24.1 Å². The van der Waals surface area contributed by atoms with Crippen molar-refractivity contribution in [1.29, 1.82) is 0 Å². The number of thiazole rings is 1. The maximum absolute atomic E-state index is 13.1. The van der Waals surface area contributed by atoms with Gasteiger partial charge in [0.15, 0.2) is 5.13 Å². The van der Waals surface area contributed by atoms with Gasteiger partial charge in [0.25, 0.3) is 5.91 Å². The topological polar surface area (TPSA) is 86.1 Å². The number of amides is 1. The summed E-state index contributed by atoms with van der Waals surface area (Å²) in [4.78, 5) is 28.2. The third-order valence-corrected chi connectivity index (χ3v) is 4.54. The molecule has 2 heterocycles.